The molecular weight excluding hydrogens is 264 g/mol. The number of hydrogen-bond acceptors (Lipinski definition) is 4. The Kier molecular flexibility index (Phi) is 3.68. The first-order chi connectivity index (χ1) is 8.89. The van der Waals surface area contributed by atoms with Crippen molar-refractivity contribution in [3.05, 3.63) is 42.5 Å². The van der Waals surface area contributed by atoms with E-state index in [2.05, 4.69) is 10.1 Å². The fraction of sp³-hybridized carbons (Fsp3) is 0.333. The van der Waals surface area contributed by atoms with Gasteiger partial charge in [-0.15, -0.1) is 0 Å². The maximum Gasteiger partial charge on any atom is 0.211 e. The molecule has 19 heavy (non-hydrogen) atoms. The van der Waals surface area contributed by atoms with Crippen LogP contribution in [0.3, 0.4) is 0 Å². The summed E-state index contributed by atoms with van der Waals surface area (Å²) in [6.07, 6.45) is 4.28. The minimum absolute atomic E-state index is 0.209. The number of nitrogens with zero attached hydrogens (tertiary/aromatic N) is 4. The summed E-state index contributed by atoms with van der Waals surface area (Å²) in [7, 11) is -1.62. The van der Waals surface area contributed by atoms with Gasteiger partial charge >= 0.3 is 0 Å². The van der Waals surface area contributed by atoms with E-state index in [-0.39, 0.29) is 6.04 Å². The van der Waals surface area contributed by atoms with E-state index in [1.54, 1.807) is 18.1 Å². The Morgan fingerprint density at radius 2 is 1.89 bits per heavy atom. The maximum absolute atomic E-state index is 11.5. The molecule has 2 rings (SSSR count). The van der Waals surface area contributed by atoms with Crippen molar-refractivity contribution in [1.29, 1.82) is 0 Å². The molecule has 0 amide bonds. The van der Waals surface area contributed by atoms with E-state index in [1.165, 1.54) is 16.9 Å². The lowest BCUT2D eigenvalue weighted by molar-refractivity contribution is 0.402. The largest absolute Gasteiger partial charge is 0.223 e. The number of sulfonamides is 1. The molecule has 0 N–H and O–H groups in total. The van der Waals surface area contributed by atoms with Gasteiger partial charge in [-0.25, -0.2) is 18.1 Å². The molecule has 2 aromatic rings. The van der Waals surface area contributed by atoms with Gasteiger partial charge in [-0.05, 0) is 24.6 Å². The smallest absolute Gasteiger partial charge is 0.211 e. The van der Waals surface area contributed by atoms with Crippen LogP contribution in [-0.4, -0.2) is 40.8 Å². The van der Waals surface area contributed by atoms with Gasteiger partial charge in [0.1, 0.15) is 12.7 Å². The van der Waals surface area contributed by atoms with Crippen LogP contribution in [0.4, 0.5) is 0 Å². The van der Waals surface area contributed by atoms with Crippen LogP contribution in [0.2, 0.25) is 0 Å². The van der Waals surface area contributed by atoms with Gasteiger partial charge in [0.15, 0.2) is 0 Å². The second-order valence-electron chi connectivity index (χ2n) is 4.39. The van der Waals surface area contributed by atoms with Crippen LogP contribution >= 0.6 is 0 Å². The van der Waals surface area contributed by atoms with E-state index < -0.39 is 10.0 Å². The van der Waals surface area contributed by atoms with Gasteiger partial charge in [-0.1, -0.05) is 12.1 Å². The van der Waals surface area contributed by atoms with E-state index >= 15 is 0 Å². The number of aromatic nitrogens is 3. The zero-order valence-corrected chi connectivity index (χ0v) is 11.9. The molecular formula is C12H16N4O2S. The Bertz CT molecular complexity index is 635. The quantitative estimate of drug-likeness (QED) is 0.844. The summed E-state index contributed by atoms with van der Waals surface area (Å²) in [5.74, 6) is 0. The molecule has 0 aliphatic rings. The van der Waals surface area contributed by atoms with Crippen LogP contribution in [0.15, 0.2) is 36.9 Å². The lowest BCUT2D eigenvalue weighted by atomic mass is 10.1. The Morgan fingerprint density at radius 3 is 2.37 bits per heavy atom. The molecule has 1 atom stereocenters. The zero-order valence-electron chi connectivity index (χ0n) is 11.1. The molecule has 0 radical (unpaired) electrons. The summed E-state index contributed by atoms with van der Waals surface area (Å²) in [6.45, 7) is 1.85. The Balaban J connectivity index is 2.24. The van der Waals surface area contributed by atoms with Crippen LogP contribution in [0, 0.1) is 0 Å². The van der Waals surface area contributed by atoms with Crippen molar-refractivity contribution < 1.29 is 8.42 Å². The van der Waals surface area contributed by atoms with Gasteiger partial charge in [0.25, 0.3) is 0 Å². The first kappa shape index (κ1) is 13.7. The Labute approximate surface area is 112 Å². The highest BCUT2D eigenvalue weighted by Crippen LogP contribution is 2.21. The third kappa shape index (κ3) is 2.99. The standard InChI is InChI=1S/C12H16N4O2S/c1-10(15(2)19(3,17)18)11-4-6-12(7-5-11)16-9-13-8-14-16/h4-10H,1-3H3. The van der Waals surface area contributed by atoms with E-state index in [0.717, 1.165) is 11.3 Å². The zero-order chi connectivity index (χ0) is 14.0. The van der Waals surface area contributed by atoms with Crippen molar-refractivity contribution in [2.75, 3.05) is 13.3 Å². The predicted molar refractivity (Wildman–Crippen MR) is 72.4 cm³/mol. The average molecular weight is 280 g/mol. The summed E-state index contributed by atoms with van der Waals surface area (Å²) >= 11 is 0. The highest BCUT2D eigenvalue weighted by Gasteiger charge is 2.19. The Hall–Kier alpha value is -1.73. The van der Waals surface area contributed by atoms with Crippen molar-refractivity contribution >= 4 is 10.0 Å². The van der Waals surface area contributed by atoms with Crippen LogP contribution in [0.5, 0.6) is 0 Å². The van der Waals surface area contributed by atoms with Gasteiger partial charge in [-0.2, -0.15) is 9.40 Å². The molecule has 7 heteroatoms. The van der Waals surface area contributed by atoms with E-state index in [1.807, 2.05) is 31.2 Å². The molecule has 1 heterocycles. The minimum Gasteiger partial charge on any atom is -0.223 e. The second kappa shape index (κ2) is 5.10. The van der Waals surface area contributed by atoms with Crippen molar-refractivity contribution in [2.45, 2.75) is 13.0 Å². The molecule has 0 fully saturated rings. The van der Waals surface area contributed by atoms with Crippen molar-refractivity contribution in [3.63, 3.8) is 0 Å². The number of rotatable bonds is 4. The van der Waals surface area contributed by atoms with Crippen LogP contribution in [-0.2, 0) is 10.0 Å². The fourth-order valence-electron chi connectivity index (χ4n) is 1.74. The summed E-state index contributed by atoms with van der Waals surface area (Å²) in [4.78, 5) is 3.88. The lowest BCUT2D eigenvalue weighted by Crippen LogP contribution is -2.28. The van der Waals surface area contributed by atoms with Crippen molar-refractivity contribution in [1.82, 2.24) is 19.1 Å². The molecule has 1 aromatic carbocycles. The van der Waals surface area contributed by atoms with Gasteiger partial charge in [0, 0.05) is 13.1 Å². The molecule has 1 unspecified atom stereocenters. The molecule has 0 aliphatic carbocycles. The van der Waals surface area contributed by atoms with Crippen LogP contribution in [0.25, 0.3) is 5.69 Å². The molecule has 0 saturated carbocycles. The summed E-state index contributed by atoms with van der Waals surface area (Å²) < 4.78 is 26.0. The van der Waals surface area contributed by atoms with E-state index in [4.69, 9.17) is 0 Å². The van der Waals surface area contributed by atoms with Gasteiger partial charge < -0.3 is 0 Å². The summed E-state index contributed by atoms with van der Waals surface area (Å²) in [5.41, 5.74) is 1.81. The highest BCUT2D eigenvalue weighted by atomic mass is 32.2. The number of benzene rings is 1. The fourth-order valence-corrected chi connectivity index (χ4v) is 2.44. The predicted octanol–water partition coefficient (Wildman–Crippen LogP) is 1.22. The van der Waals surface area contributed by atoms with Crippen molar-refractivity contribution in [2.24, 2.45) is 0 Å². The molecule has 6 nitrogen and oxygen atoms in total. The first-order valence-electron chi connectivity index (χ1n) is 5.77. The average Bonchev–Trinajstić information content (AvgIpc) is 2.90. The first-order valence-corrected chi connectivity index (χ1v) is 7.62. The minimum atomic E-state index is -3.20. The molecule has 0 saturated heterocycles. The van der Waals surface area contributed by atoms with Crippen LogP contribution < -0.4 is 0 Å². The second-order valence-corrected chi connectivity index (χ2v) is 6.43. The maximum atomic E-state index is 11.5. The number of hydrogen-bond donors (Lipinski definition) is 0. The van der Waals surface area contributed by atoms with E-state index in [0.29, 0.717) is 0 Å². The van der Waals surface area contributed by atoms with Crippen molar-refractivity contribution in [3.8, 4) is 5.69 Å². The third-order valence-corrected chi connectivity index (χ3v) is 4.49. The molecule has 0 aliphatic heterocycles. The summed E-state index contributed by atoms with van der Waals surface area (Å²) in [6, 6.07) is 7.35. The van der Waals surface area contributed by atoms with Crippen LogP contribution in [0.1, 0.15) is 18.5 Å². The normalized spacial score (nSPS) is 13.7. The molecule has 0 bridgehead atoms. The molecule has 0 spiro atoms. The SMILES string of the molecule is CC(c1ccc(-n2cncn2)cc1)N(C)S(C)(=O)=O. The highest BCUT2D eigenvalue weighted by molar-refractivity contribution is 7.88. The summed E-state index contributed by atoms with van der Waals surface area (Å²) in [5, 5.41) is 4.03. The monoisotopic (exact) mass is 280 g/mol. The van der Waals surface area contributed by atoms with Gasteiger partial charge in [-0.3, -0.25) is 0 Å². The van der Waals surface area contributed by atoms with Gasteiger partial charge in [0.2, 0.25) is 10.0 Å². The lowest BCUT2D eigenvalue weighted by Gasteiger charge is -2.22. The van der Waals surface area contributed by atoms with Gasteiger partial charge in [0.05, 0.1) is 11.9 Å². The Morgan fingerprint density at radius 1 is 1.26 bits per heavy atom. The topological polar surface area (TPSA) is 68.1 Å². The molecule has 1 aromatic heterocycles. The molecule has 102 valence electrons. The van der Waals surface area contributed by atoms with E-state index in [9.17, 15) is 8.42 Å². The third-order valence-electron chi connectivity index (χ3n) is 3.13.